The van der Waals surface area contributed by atoms with E-state index < -0.39 is 0 Å². The summed E-state index contributed by atoms with van der Waals surface area (Å²) in [5, 5.41) is 0. The van der Waals surface area contributed by atoms with Crippen LogP contribution in [0.4, 0.5) is 8.78 Å². The summed E-state index contributed by atoms with van der Waals surface area (Å²) in [6.45, 7) is 2.89. The van der Waals surface area contributed by atoms with Crippen molar-refractivity contribution in [2.45, 2.75) is 57.5 Å². The number of rotatable bonds is 4. The predicted octanol–water partition coefficient (Wildman–Crippen LogP) is 6.72. The zero-order chi connectivity index (χ0) is 18.8. The van der Waals surface area contributed by atoms with Gasteiger partial charge in [-0.3, -0.25) is 0 Å². The Balaban J connectivity index is 1.45. The zero-order valence-electron chi connectivity index (χ0n) is 16.0. The molecule has 3 heteroatoms. The molecule has 0 aliphatic heterocycles. The van der Waals surface area contributed by atoms with Gasteiger partial charge in [0, 0.05) is 12.2 Å². The number of halogens is 2. The molecule has 2 aromatic carbocycles. The Hall–Kier alpha value is -1.74. The maximum atomic E-state index is 14.8. The van der Waals surface area contributed by atoms with E-state index in [9.17, 15) is 8.78 Å². The van der Waals surface area contributed by atoms with E-state index in [-0.39, 0.29) is 11.6 Å². The minimum atomic E-state index is -0.299. The molecule has 2 fully saturated rings. The first-order valence-electron chi connectivity index (χ1n) is 10.3. The minimum absolute atomic E-state index is 0.207. The highest BCUT2D eigenvalue weighted by atomic mass is 19.1. The lowest BCUT2D eigenvalue weighted by atomic mass is 9.65. The summed E-state index contributed by atoms with van der Waals surface area (Å²) in [4.78, 5) is 0. The van der Waals surface area contributed by atoms with Crippen LogP contribution in [0.15, 0.2) is 42.5 Å². The molecule has 144 valence electrons. The van der Waals surface area contributed by atoms with Crippen LogP contribution in [-0.4, -0.2) is 12.7 Å². The molecular weight excluding hydrogens is 342 g/mol. The standard InChI is InChI=1S/C24H28F2O/c1-2-27-22-11-7-18-13-17(3-4-19(18)14-22)20-8-12-23(24(26)15-20)16-5-9-21(25)10-6-16/h5-6,8-10,12,15,17-19,22H,2-4,7,11,13-14H2,1H3. The van der Waals surface area contributed by atoms with Gasteiger partial charge in [0.1, 0.15) is 11.6 Å². The minimum Gasteiger partial charge on any atom is -0.378 e. The van der Waals surface area contributed by atoms with E-state index in [0.29, 0.717) is 17.6 Å². The Morgan fingerprint density at radius 1 is 0.889 bits per heavy atom. The number of hydrogen-bond acceptors (Lipinski definition) is 1. The lowest BCUT2D eigenvalue weighted by molar-refractivity contribution is -0.00956. The maximum absolute atomic E-state index is 14.8. The summed E-state index contributed by atoms with van der Waals surface area (Å²) >= 11 is 0. The van der Waals surface area contributed by atoms with Crippen molar-refractivity contribution in [2.75, 3.05) is 6.61 Å². The van der Waals surface area contributed by atoms with E-state index in [0.717, 1.165) is 36.0 Å². The second-order valence-electron chi connectivity index (χ2n) is 8.17. The number of benzene rings is 2. The molecule has 0 bridgehead atoms. The second-order valence-corrected chi connectivity index (χ2v) is 8.17. The quantitative estimate of drug-likeness (QED) is 0.580. The van der Waals surface area contributed by atoms with Crippen LogP contribution in [0.3, 0.4) is 0 Å². The normalized spacial score (nSPS) is 28.0. The third-order valence-electron chi connectivity index (χ3n) is 6.59. The molecule has 2 aromatic rings. The van der Waals surface area contributed by atoms with Gasteiger partial charge in [0.2, 0.25) is 0 Å². The van der Waals surface area contributed by atoms with Crippen LogP contribution in [0.1, 0.15) is 56.9 Å². The average molecular weight is 370 g/mol. The van der Waals surface area contributed by atoms with E-state index in [4.69, 9.17) is 4.74 Å². The van der Waals surface area contributed by atoms with Crippen LogP contribution in [0.25, 0.3) is 11.1 Å². The Bertz CT molecular complexity index is 770. The molecule has 0 N–H and O–H groups in total. The van der Waals surface area contributed by atoms with Gasteiger partial charge in [0.05, 0.1) is 6.10 Å². The maximum Gasteiger partial charge on any atom is 0.131 e. The van der Waals surface area contributed by atoms with E-state index >= 15 is 0 Å². The lowest BCUT2D eigenvalue weighted by Crippen LogP contribution is -2.33. The summed E-state index contributed by atoms with van der Waals surface area (Å²) < 4.78 is 33.7. The van der Waals surface area contributed by atoms with Crippen LogP contribution < -0.4 is 0 Å². The van der Waals surface area contributed by atoms with Crippen molar-refractivity contribution >= 4 is 0 Å². The van der Waals surface area contributed by atoms with E-state index in [1.54, 1.807) is 18.2 Å². The summed E-state index contributed by atoms with van der Waals surface area (Å²) in [7, 11) is 0. The molecule has 4 atom stereocenters. The van der Waals surface area contributed by atoms with Gasteiger partial charge in [-0.25, -0.2) is 8.78 Å². The Morgan fingerprint density at radius 2 is 1.63 bits per heavy atom. The smallest absolute Gasteiger partial charge is 0.131 e. The highest BCUT2D eigenvalue weighted by molar-refractivity contribution is 5.64. The van der Waals surface area contributed by atoms with Crippen molar-refractivity contribution in [3.8, 4) is 11.1 Å². The van der Waals surface area contributed by atoms with E-state index in [1.807, 2.05) is 6.07 Å². The molecule has 0 aromatic heterocycles. The first-order valence-corrected chi connectivity index (χ1v) is 10.3. The summed E-state index contributed by atoms with van der Waals surface area (Å²) in [6, 6.07) is 11.7. The van der Waals surface area contributed by atoms with Crippen LogP contribution in [0.5, 0.6) is 0 Å². The fourth-order valence-electron chi connectivity index (χ4n) is 5.18. The first-order chi connectivity index (χ1) is 13.1. The SMILES string of the molecule is CCOC1CCC2CC(c3ccc(-c4ccc(F)cc4)c(F)c3)CCC2C1. The van der Waals surface area contributed by atoms with Gasteiger partial charge < -0.3 is 4.74 Å². The topological polar surface area (TPSA) is 9.23 Å². The largest absolute Gasteiger partial charge is 0.378 e. The molecule has 0 heterocycles. The van der Waals surface area contributed by atoms with Crippen molar-refractivity contribution in [3.05, 3.63) is 59.7 Å². The summed E-state index contributed by atoms with van der Waals surface area (Å²) in [5.74, 6) is 1.47. The van der Waals surface area contributed by atoms with E-state index in [1.165, 1.54) is 44.2 Å². The van der Waals surface area contributed by atoms with Gasteiger partial charge in [-0.15, -0.1) is 0 Å². The van der Waals surface area contributed by atoms with Crippen molar-refractivity contribution < 1.29 is 13.5 Å². The fourth-order valence-corrected chi connectivity index (χ4v) is 5.18. The Morgan fingerprint density at radius 3 is 2.37 bits per heavy atom. The van der Waals surface area contributed by atoms with Gasteiger partial charge in [-0.05, 0) is 92.5 Å². The number of ether oxygens (including phenoxy) is 1. The number of fused-ring (bicyclic) bond motifs is 1. The first kappa shape index (κ1) is 18.6. The monoisotopic (exact) mass is 370 g/mol. The molecule has 4 rings (SSSR count). The molecule has 0 amide bonds. The van der Waals surface area contributed by atoms with Crippen LogP contribution >= 0.6 is 0 Å². The molecule has 27 heavy (non-hydrogen) atoms. The predicted molar refractivity (Wildman–Crippen MR) is 105 cm³/mol. The third-order valence-corrected chi connectivity index (χ3v) is 6.59. The van der Waals surface area contributed by atoms with Crippen molar-refractivity contribution in [1.29, 1.82) is 0 Å². The van der Waals surface area contributed by atoms with Crippen molar-refractivity contribution in [2.24, 2.45) is 11.8 Å². The highest BCUT2D eigenvalue weighted by Crippen LogP contribution is 2.47. The van der Waals surface area contributed by atoms with Gasteiger partial charge in [0.15, 0.2) is 0 Å². The number of hydrogen-bond donors (Lipinski definition) is 0. The Labute approximate surface area is 160 Å². The second kappa shape index (κ2) is 8.10. The van der Waals surface area contributed by atoms with Gasteiger partial charge in [-0.2, -0.15) is 0 Å². The Kier molecular flexibility index (Phi) is 5.58. The lowest BCUT2D eigenvalue weighted by Gasteiger charge is -2.42. The summed E-state index contributed by atoms with van der Waals surface area (Å²) in [5.41, 5.74) is 2.38. The van der Waals surface area contributed by atoms with Gasteiger partial charge >= 0.3 is 0 Å². The van der Waals surface area contributed by atoms with Crippen LogP contribution in [-0.2, 0) is 4.74 Å². The zero-order valence-corrected chi connectivity index (χ0v) is 16.0. The van der Waals surface area contributed by atoms with Gasteiger partial charge in [-0.1, -0.05) is 24.3 Å². The van der Waals surface area contributed by atoms with Crippen LogP contribution in [0, 0.1) is 23.5 Å². The molecule has 0 radical (unpaired) electrons. The fraction of sp³-hybridized carbons (Fsp3) is 0.500. The highest BCUT2D eigenvalue weighted by Gasteiger charge is 2.36. The van der Waals surface area contributed by atoms with Gasteiger partial charge in [0.25, 0.3) is 0 Å². The molecular formula is C24H28F2O. The molecule has 0 spiro atoms. The molecule has 2 saturated carbocycles. The average Bonchev–Trinajstić information content (AvgIpc) is 2.68. The molecule has 4 unspecified atom stereocenters. The molecule has 2 aliphatic rings. The van der Waals surface area contributed by atoms with E-state index in [2.05, 4.69) is 13.0 Å². The van der Waals surface area contributed by atoms with Crippen molar-refractivity contribution in [3.63, 3.8) is 0 Å². The van der Waals surface area contributed by atoms with Crippen molar-refractivity contribution in [1.82, 2.24) is 0 Å². The summed E-state index contributed by atoms with van der Waals surface area (Å²) in [6.07, 6.45) is 7.57. The molecule has 0 saturated heterocycles. The molecule has 1 nitrogen and oxygen atoms in total. The third kappa shape index (κ3) is 4.08. The van der Waals surface area contributed by atoms with Crippen LogP contribution in [0.2, 0.25) is 0 Å². The molecule has 2 aliphatic carbocycles.